The van der Waals surface area contributed by atoms with Crippen LogP contribution in [0, 0.1) is 0 Å². The summed E-state index contributed by atoms with van der Waals surface area (Å²) in [5.41, 5.74) is 0.201. The number of nitrogens with zero attached hydrogens (tertiary/aromatic N) is 1. The molecule has 8 nitrogen and oxygen atoms in total. The molecule has 3 amide bonds. The molecule has 1 unspecified atom stereocenters. The maximum atomic E-state index is 12.7. The van der Waals surface area contributed by atoms with Crippen molar-refractivity contribution >= 4 is 29.4 Å². The lowest BCUT2D eigenvalue weighted by molar-refractivity contribution is -0.123. The molecule has 0 radical (unpaired) electrons. The summed E-state index contributed by atoms with van der Waals surface area (Å²) in [6, 6.07) is 11.0. The molecule has 1 heterocycles. The fourth-order valence-electron chi connectivity index (χ4n) is 3.24. The van der Waals surface area contributed by atoms with Crippen LogP contribution in [-0.2, 0) is 9.53 Å². The minimum atomic E-state index is -1.10. The van der Waals surface area contributed by atoms with Crippen molar-refractivity contribution in [1.82, 2.24) is 4.90 Å². The number of rotatable bonds is 5. The second-order valence-electron chi connectivity index (χ2n) is 8.11. The van der Waals surface area contributed by atoms with Gasteiger partial charge in [0.15, 0.2) is 6.10 Å². The zero-order valence-electron chi connectivity index (χ0n) is 18.0. The Hall–Kier alpha value is -3.68. The maximum absolute atomic E-state index is 12.7. The largest absolute Gasteiger partial charge is 0.495 e. The van der Waals surface area contributed by atoms with Crippen LogP contribution >= 0.6 is 0 Å². The van der Waals surface area contributed by atoms with Crippen molar-refractivity contribution in [2.45, 2.75) is 39.3 Å². The van der Waals surface area contributed by atoms with Crippen molar-refractivity contribution in [2.75, 3.05) is 12.4 Å². The molecule has 1 atom stereocenters. The van der Waals surface area contributed by atoms with Gasteiger partial charge in [-0.15, -0.1) is 0 Å². The Morgan fingerprint density at radius 3 is 2.29 bits per heavy atom. The van der Waals surface area contributed by atoms with E-state index in [9.17, 15) is 19.2 Å². The van der Waals surface area contributed by atoms with E-state index in [4.69, 9.17) is 9.47 Å². The van der Waals surface area contributed by atoms with Gasteiger partial charge in [0.1, 0.15) is 5.75 Å². The quantitative estimate of drug-likeness (QED) is 0.584. The van der Waals surface area contributed by atoms with E-state index in [1.807, 2.05) is 0 Å². The topological polar surface area (TPSA) is 102 Å². The van der Waals surface area contributed by atoms with E-state index >= 15 is 0 Å². The van der Waals surface area contributed by atoms with Gasteiger partial charge in [0.2, 0.25) is 0 Å². The molecule has 0 bridgehead atoms. The molecule has 0 saturated carbocycles. The number of benzene rings is 2. The van der Waals surface area contributed by atoms with Crippen LogP contribution in [0.2, 0.25) is 0 Å². The molecule has 0 saturated heterocycles. The zero-order valence-corrected chi connectivity index (χ0v) is 18.0. The Morgan fingerprint density at radius 2 is 1.65 bits per heavy atom. The smallest absolute Gasteiger partial charge is 0.338 e. The summed E-state index contributed by atoms with van der Waals surface area (Å²) in [7, 11) is 1.48. The third-order valence-corrected chi connectivity index (χ3v) is 4.81. The molecule has 0 aliphatic carbocycles. The van der Waals surface area contributed by atoms with Crippen LogP contribution in [0.3, 0.4) is 0 Å². The van der Waals surface area contributed by atoms with Crippen molar-refractivity contribution in [3.8, 4) is 5.75 Å². The first kappa shape index (κ1) is 22.0. The van der Waals surface area contributed by atoms with Crippen LogP contribution in [0.15, 0.2) is 42.5 Å². The number of carbonyl (C=O) groups excluding carboxylic acids is 4. The summed E-state index contributed by atoms with van der Waals surface area (Å²) >= 11 is 0. The van der Waals surface area contributed by atoms with E-state index in [2.05, 4.69) is 5.32 Å². The summed E-state index contributed by atoms with van der Waals surface area (Å²) in [5, 5.41) is 2.65. The van der Waals surface area contributed by atoms with E-state index < -0.39 is 35.3 Å². The number of hydrogen-bond acceptors (Lipinski definition) is 6. The molecule has 8 heteroatoms. The Labute approximate surface area is 180 Å². The van der Waals surface area contributed by atoms with Crippen LogP contribution in [0.25, 0.3) is 0 Å². The van der Waals surface area contributed by atoms with Crippen LogP contribution in [0.5, 0.6) is 5.75 Å². The Bertz CT molecular complexity index is 1070. The lowest BCUT2D eigenvalue weighted by atomic mass is 10.1. The molecular formula is C23H24N2O6. The van der Waals surface area contributed by atoms with Gasteiger partial charge >= 0.3 is 5.97 Å². The molecular weight excluding hydrogens is 400 g/mol. The van der Waals surface area contributed by atoms with Gasteiger partial charge in [0.25, 0.3) is 17.7 Å². The number of imide groups is 1. The minimum Gasteiger partial charge on any atom is -0.495 e. The summed E-state index contributed by atoms with van der Waals surface area (Å²) in [6.07, 6.45) is -1.10. The van der Waals surface area contributed by atoms with Gasteiger partial charge in [0.05, 0.1) is 29.5 Å². The van der Waals surface area contributed by atoms with E-state index in [0.717, 1.165) is 4.90 Å². The van der Waals surface area contributed by atoms with E-state index in [1.165, 1.54) is 32.2 Å². The first-order chi connectivity index (χ1) is 14.5. The van der Waals surface area contributed by atoms with Crippen LogP contribution in [0.1, 0.15) is 58.8 Å². The Kier molecular flexibility index (Phi) is 5.83. The average molecular weight is 424 g/mol. The van der Waals surface area contributed by atoms with E-state index in [0.29, 0.717) is 11.4 Å². The normalized spacial score (nSPS) is 14.2. The van der Waals surface area contributed by atoms with Crippen molar-refractivity contribution in [3.05, 3.63) is 59.2 Å². The fraction of sp³-hybridized carbons (Fsp3) is 0.304. The summed E-state index contributed by atoms with van der Waals surface area (Å²) in [5.74, 6) is -1.72. The Balaban J connectivity index is 1.73. The minimum absolute atomic E-state index is 0.0765. The lowest BCUT2D eigenvalue weighted by Crippen LogP contribution is -2.45. The number of hydrogen-bond donors (Lipinski definition) is 1. The average Bonchev–Trinajstić information content (AvgIpc) is 2.98. The highest BCUT2D eigenvalue weighted by Gasteiger charge is 2.42. The summed E-state index contributed by atoms with van der Waals surface area (Å²) in [4.78, 5) is 51.4. The van der Waals surface area contributed by atoms with Crippen LogP contribution < -0.4 is 10.1 Å². The number of methoxy groups -OCH3 is 1. The third kappa shape index (κ3) is 4.28. The lowest BCUT2D eigenvalue weighted by Gasteiger charge is -2.29. The first-order valence-corrected chi connectivity index (χ1v) is 9.72. The van der Waals surface area contributed by atoms with Gasteiger partial charge in [0, 0.05) is 5.54 Å². The molecule has 1 aliphatic rings. The Morgan fingerprint density at radius 1 is 1.00 bits per heavy atom. The van der Waals surface area contributed by atoms with Gasteiger partial charge in [-0.05, 0) is 58.0 Å². The third-order valence-electron chi connectivity index (χ3n) is 4.81. The second kappa shape index (κ2) is 8.22. The zero-order chi connectivity index (χ0) is 22.9. The molecule has 1 N–H and O–H groups in total. The molecule has 31 heavy (non-hydrogen) atoms. The standard InChI is InChI=1S/C23H24N2O6/c1-13(19(26)24-17-8-6-7-9-18(17)30-5)31-22(29)14-10-11-15-16(12-14)21(28)25(20(15)27)23(2,3)4/h6-13H,1-5H3,(H,24,26). The van der Waals surface area contributed by atoms with Gasteiger partial charge in [-0.25, -0.2) is 4.79 Å². The molecule has 1 aliphatic heterocycles. The van der Waals surface area contributed by atoms with Crippen molar-refractivity contribution in [3.63, 3.8) is 0 Å². The van der Waals surface area contributed by atoms with Crippen LogP contribution in [-0.4, -0.2) is 47.3 Å². The summed E-state index contributed by atoms with van der Waals surface area (Å²) < 4.78 is 10.4. The molecule has 2 aromatic rings. The number of anilines is 1. The van der Waals surface area contributed by atoms with Crippen molar-refractivity contribution in [1.29, 1.82) is 0 Å². The number of nitrogens with one attached hydrogen (secondary N) is 1. The molecule has 0 aromatic heterocycles. The highest BCUT2D eigenvalue weighted by Crippen LogP contribution is 2.30. The van der Waals surface area contributed by atoms with Crippen molar-refractivity contribution in [2.24, 2.45) is 0 Å². The fourth-order valence-corrected chi connectivity index (χ4v) is 3.24. The highest BCUT2D eigenvalue weighted by molar-refractivity contribution is 6.22. The molecule has 0 spiro atoms. The number of carbonyl (C=O) groups is 4. The highest BCUT2D eigenvalue weighted by atomic mass is 16.5. The SMILES string of the molecule is COc1ccccc1NC(=O)C(C)OC(=O)c1ccc2c(c1)C(=O)N(C(C)(C)C)C2=O. The van der Waals surface area contributed by atoms with Gasteiger partial charge in [-0.2, -0.15) is 0 Å². The number of ether oxygens (including phenoxy) is 2. The monoisotopic (exact) mass is 424 g/mol. The van der Waals surface area contributed by atoms with Gasteiger partial charge in [-0.3, -0.25) is 19.3 Å². The predicted molar refractivity (Wildman–Crippen MR) is 113 cm³/mol. The number of amides is 3. The van der Waals surface area contributed by atoms with E-state index in [-0.39, 0.29) is 16.7 Å². The van der Waals surface area contributed by atoms with Crippen LogP contribution in [0.4, 0.5) is 5.69 Å². The van der Waals surface area contributed by atoms with E-state index in [1.54, 1.807) is 45.0 Å². The predicted octanol–water partition coefficient (Wildman–Crippen LogP) is 3.27. The molecule has 2 aromatic carbocycles. The first-order valence-electron chi connectivity index (χ1n) is 9.72. The second-order valence-corrected chi connectivity index (χ2v) is 8.11. The molecule has 0 fully saturated rings. The maximum Gasteiger partial charge on any atom is 0.338 e. The van der Waals surface area contributed by atoms with Gasteiger partial charge < -0.3 is 14.8 Å². The number of para-hydroxylation sites is 2. The van der Waals surface area contributed by atoms with Crippen molar-refractivity contribution < 1.29 is 28.7 Å². The summed E-state index contributed by atoms with van der Waals surface area (Å²) in [6.45, 7) is 6.70. The number of esters is 1. The molecule has 3 rings (SSSR count). The number of fused-ring (bicyclic) bond motifs is 1. The van der Waals surface area contributed by atoms with Gasteiger partial charge in [-0.1, -0.05) is 12.1 Å². The molecule has 162 valence electrons.